The number of hydrogen-bond donors (Lipinski definition) is 1. The maximum absolute atomic E-state index is 15.2. The van der Waals surface area contributed by atoms with Crippen LogP contribution in [0, 0.1) is 5.82 Å². The SMILES string of the molecule is CCn1cc(C(=O)O)c(=O)c2cc(F)c(N3CCN(c4ccc(Cl)cc4)CC3)c(C(F)(F)F)c21. The van der Waals surface area contributed by atoms with E-state index < -0.39 is 51.1 Å². The van der Waals surface area contributed by atoms with Gasteiger partial charge in [-0.1, -0.05) is 11.6 Å². The Labute approximate surface area is 196 Å². The van der Waals surface area contributed by atoms with Crippen LogP contribution in [0.15, 0.2) is 41.3 Å². The third-order valence-electron chi connectivity index (χ3n) is 5.93. The van der Waals surface area contributed by atoms with Crippen molar-refractivity contribution in [3.63, 3.8) is 0 Å². The van der Waals surface area contributed by atoms with E-state index >= 15 is 4.39 Å². The summed E-state index contributed by atoms with van der Waals surface area (Å²) in [6.45, 7) is 2.37. The summed E-state index contributed by atoms with van der Waals surface area (Å²) < 4.78 is 59.3. The Kier molecular flexibility index (Phi) is 6.20. The molecular weight excluding hydrogens is 478 g/mol. The van der Waals surface area contributed by atoms with Gasteiger partial charge in [-0.15, -0.1) is 0 Å². The van der Waals surface area contributed by atoms with Gasteiger partial charge < -0.3 is 19.5 Å². The molecule has 1 fully saturated rings. The van der Waals surface area contributed by atoms with Crippen LogP contribution in [0.2, 0.25) is 5.02 Å². The molecule has 2 aromatic carbocycles. The second-order valence-corrected chi connectivity index (χ2v) is 8.33. The quantitative estimate of drug-likeness (QED) is 0.522. The largest absolute Gasteiger partial charge is 0.477 e. The van der Waals surface area contributed by atoms with Crippen molar-refractivity contribution >= 4 is 39.8 Å². The van der Waals surface area contributed by atoms with E-state index in [1.807, 2.05) is 4.90 Å². The van der Waals surface area contributed by atoms with Gasteiger partial charge >= 0.3 is 12.1 Å². The van der Waals surface area contributed by atoms with Crippen LogP contribution in [0.5, 0.6) is 0 Å². The lowest BCUT2D eigenvalue weighted by atomic mass is 10.0. The normalized spacial score (nSPS) is 14.6. The summed E-state index contributed by atoms with van der Waals surface area (Å²) in [5, 5.41) is 9.23. The number of carboxylic acid groups (broad SMARTS) is 1. The van der Waals surface area contributed by atoms with Gasteiger partial charge in [-0.25, -0.2) is 9.18 Å². The molecule has 0 saturated carbocycles. The van der Waals surface area contributed by atoms with E-state index in [9.17, 15) is 27.9 Å². The maximum atomic E-state index is 15.2. The third kappa shape index (κ3) is 4.18. The van der Waals surface area contributed by atoms with Gasteiger partial charge in [0.2, 0.25) is 5.43 Å². The highest BCUT2D eigenvalue weighted by molar-refractivity contribution is 6.30. The van der Waals surface area contributed by atoms with Crippen molar-refractivity contribution in [1.82, 2.24) is 4.57 Å². The summed E-state index contributed by atoms with van der Waals surface area (Å²) >= 11 is 5.91. The highest BCUT2D eigenvalue weighted by Crippen LogP contribution is 2.43. The average molecular weight is 498 g/mol. The number of aromatic carboxylic acids is 1. The number of benzene rings is 2. The summed E-state index contributed by atoms with van der Waals surface area (Å²) in [5.41, 5.74) is -3.47. The first-order valence-electron chi connectivity index (χ1n) is 10.5. The number of fused-ring (bicyclic) bond motifs is 1. The van der Waals surface area contributed by atoms with E-state index in [-0.39, 0.29) is 19.6 Å². The lowest BCUT2D eigenvalue weighted by Gasteiger charge is -2.38. The highest BCUT2D eigenvalue weighted by Gasteiger charge is 2.41. The fourth-order valence-electron chi connectivity index (χ4n) is 4.34. The topological polar surface area (TPSA) is 65.8 Å². The smallest absolute Gasteiger partial charge is 0.420 e. The van der Waals surface area contributed by atoms with Gasteiger partial charge in [0.15, 0.2) is 0 Å². The molecule has 0 amide bonds. The van der Waals surface area contributed by atoms with Crippen molar-refractivity contribution in [3.05, 3.63) is 68.7 Å². The predicted octanol–water partition coefficient (Wildman–Crippen LogP) is 4.86. The number of pyridine rings is 1. The van der Waals surface area contributed by atoms with Gasteiger partial charge in [0.05, 0.1) is 16.6 Å². The van der Waals surface area contributed by atoms with Crippen molar-refractivity contribution in [2.75, 3.05) is 36.0 Å². The van der Waals surface area contributed by atoms with Gasteiger partial charge in [-0.05, 0) is 37.3 Å². The van der Waals surface area contributed by atoms with Gasteiger partial charge in [-0.3, -0.25) is 4.79 Å². The molecular formula is C23H20ClF4N3O3. The molecule has 1 N–H and O–H groups in total. The second-order valence-electron chi connectivity index (χ2n) is 7.89. The molecule has 34 heavy (non-hydrogen) atoms. The molecule has 3 aromatic rings. The Morgan fingerprint density at radius 1 is 1.09 bits per heavy atom. The molecule has 0 radical (unpaired) electrons. The minimum Gasteiger partial charge on any atom is -0.477 e. The number of carbonyl (C=O) groups is 1. The van der Waals surface area contributed by atoms with Gasteiger partial charge in [0, 0.05) is 49.6 Å². The molecule has 0 unspecified atom stereocenters. The number of carboxylic acids is 1. The zero-order valence-electron chi connectivity index (χ0n) is 18.0. The summed E-state index contributed by atoms with van der Waals surface area (Å²) in [6, 6.07) is 7.74. The molecule has 1 aromatic heterocycles. The molecule has 180 valence electrons. The first-order chi connectivity index (χ1) is 16.0. The van der Waals surface area contributed by atoms with Crippen LogP contribution >= 0.6 is 11.6 Å². The number of halogens is 5. The maximum Gasteiger partial charge on any atom is 0.420 e. The molecule has 0 bridgehead atoms. The Balaban J connectivity index is 1.84. The molecule has 2 heterocycles. The first kappa shape index (κ1) is 23.9. The number of alkyl halides is 3. The summed E-state index contributed by atoms with van der Waals surface area (Å²) in [4.78, 5) is 27.3. The van der Waals surface area contributed by atoms with Crippen LogP contribution in [0.3, 0.4) is 0 Å². The Morgan fingerprint density at radius 3 is 2.21 bits per heavy atom. The van der Waals surface area contributed by atoms with Crippen LogP contribution in [0.4, 0.5) is 28.9 Å². The molecule has 11 heteroatoms. The lowest BCUT2D eigenvalue weighted by molar-refractivity contribution is -0.136. The second kappa shape index (κ2) is 8.83. The molecule has 1 aliphatic heterocycles. The minimum absolute atomic E-state index is 0.0461. The Bertz CT molecular complexity index is 1310. The van der Waals surface area contributed by atoms with E-state index in [2.05, 4.69) is 0 Å². The van der Waals surface area contributed by atoms with Crippen LogP contribution in [-0.4, -0.2) is 41.8 Å². The van der Waals surface area contributed by atoms with Crippen molar-refractivity contribution < 1.29 is 27.5 Å². The first-order valence-corrected chi connectivity index (χ1v) is 10.9. The monoisotopic (exact) mass is 497 g/mol. The van der Waals surface area contributed by atoms with Crippen molar-refractivity contribution in [3.8, 4) is 0 Å². The zero-order valence-corrected chi connectivity index (χ0v) is 18.8. The van der Waals surface area contributed by atoms with Crippen molar-refractivity contribution in [2.45, 2.75) is 19.6 Å². The molecule has 1 saturated heterocycles. The lowest BCUT2D eigenvalue weighted by Crippen LogP contribution is -2.47. The molecule has 4 rings (SSSR count). The molecule has 6 nitrogen and oxygen atoms in total. The Hall–Kier alpha value is -3.27. The number of aryl methyl sites for hydroxylation is 1. The van der Waals surface area contributed by atoms with Crippen LogP contribution in [0.1, 0.15) is 22.8 Å². The van der Waals surface area contributed by atoms with Crippen LogP contribution in [0.25, 0.3) is 10.9 Å². The standard InChI is InChI=1S/C23H20ClF4N3O3/c1-2-29-12-16(22(33)34)21(32)15-11-17(25)20(18(19(15)29)23(26,27)28)31-9-7-30(8-10-31)14-5-3-13(24)4-6-14/h3-6,11-12H,2,7-10H2,1H3,(H,33,34). The highest BCUT2D eigenvalue weighted by atomic mass is 35.5. The van der Waals surface area contributed by atoms with Gasteiger partial charge in [-0.2, -0.15) is 13.2 Å². The predicted molar refractivity (Wildman–Crippen MR) is 122 cm³/mol. The number of rotatable bonds is 4. The van der Waals surface area contributed by atoms with Gasteiger partial charge in [0.1, 0.15) is 16.9 Å². The van der Waals surface area contributed by atoms with E-state index in [1.54, 1.807) is 24.3 Å². The fraction of sp³-hybridized carbons (Fsp3) is 0.304. The van der Waals surface area contributed by atoms with E-state index in [0.717, 1.165) is 16.5 Å². The summed E-state index contributed by atoms with van der Waals surface area (Å²) in [5.74, 6) is -2.81. The van der Waals surface area contributed by atoms with Crippen molar-refractivity contribution in [2.24, 2.45) is 0 Å². The molecule has 0 aliphatic carbocycles. The zero-order chi connectivity index (χ0) is 24.8. The molecule has 0 atom stereocenters. The number of piperazine rings is 1. The van der Waals surface area contributed by atoms with E-state index in [1.165, 1.54) is 11.8 Å². The van der Waals surface area contributed by atoms with Gasteiger partial charge in [0.25, 0.3) is 0 Å². The average Bonchev–Trinajstić information content (AvgIpc) is 2.79. The minimum atomic E-state index is -4.99. The molecule has 1 aliphatic rings. The van der Waals surface area contributed by atoms with Crippen molar-refractivity contribution in [1.29, 1.82) is 0 Å². The Morgan fingerprint density at radius 2 is 1.68 bits per heavy atom. The fourth-order valence-corrected chi connectivity index (χ4v) is 4.47. The number of hydrogen-bond acceptors (Lipinski definition) is 4. The van der Waals surface area contributed by atoms with Crippen LogP contribution in [-0.2, 0) is 12.7 Å². The van der Waals surface area contributed by atoms with E-state index in [0.29, 0.717) is 24.2 Å². The third-order valence-corrected chi connectivity index (χ3v) is 6.18. The molecule has 0 spiro atoms. The number of nitrogens with zero attached hydrogens (tertiary/aromatic N) is 3. The van der Waals surface area contributed by atoms with Crippen LogP contribution < -0.4 is 15.2 Å². The number of anilines is 2. The summed E-state index contributed by atoms with van der Waals surface area (Å²) in [6.07, 6.45) is -4.11. The van der Waals surface area contributed by atoms with E-state index in [4.69, 9.17) is 11.6 Å². The number of aromatic nitrogens is 1. The summed E-state index contributed by atoms with van der Waals surface area (Å²) in [7, 11) is 0.